The van der Waals surface area contributed by atoms with E-state index in [1.165, 1.54) is 56.5 Å². The number of aliphatic hydroxyl groups is 5. The number of aromatic hydroxyl groups is 1. The molecule has 0 aromatic heterocycles. The third kappa shape index (κ3) is 7.95. The van der Waals surface area contributed by atoms with Crippen LogP contribution in [-0.4, -0.2) is 144 Å². The van der Waals surface area contributed by atoms with Crippen molar-refractivity contribution in [2.75, 3.05) is 7.11 Å². The Kier molecular flexibility index (Phi) is 12.1. The molecule has 10 N–H and O–H groups in total. The summed E-state index contributed by atoms with van der Waals surface area (Å²) in [6.07, 6.45) is -17.9. The molecule has 21 nitrogen and oxygen atoms in total. The predicted molar refractivity (Wildman–Crippen MR) is 203 cm³/mol. The average molecular weight is 867 g/mol. The van der Waals surface area contributed by atoms with Crippen LogP contribution in [0.2, 0.25) is 0 Å². The third-order valence-corrected chi connectivity index (χ3v) is 11.4. The van der Waals surface area contributed by atoms with E-state index >= 15 is 0 Å². The third-order valence-electron chi connectivity index (χ3n) is 11.4. The Hall–Kier alpha value is -6.04. The number of aliphatic hydroxyl groups excluding tert-OH is 4. The second-order valence-electron chi connectivity index (χ2n) is 15.3. The van der Waals surface area contributed by atoms with E-state index in [0.29, 0.717) is 0 Å². The van der Waals surface area contributed by atoms with Crippen LogP contribution in [0, 0.1) is 0 Å². The molecule has 4 aliphatic rings. The van der Waals surface area contributed by atoms with Crippen LogP contribution in [0.25, 0.3) is 0 Å². The summed E-state index contributed by atoms with van der Waals surface area (Å²) in [7, 11) is 1.31. The van der Waals surface area contributed by atoms with Crippen LogP contribution in [-0.2, 0) is 41.5 Å². The highest BCUT2D eigenvalue weighted by Gasteiger charge is 2.50. The van der Waals surface area contributed by atoms with Crippen molar-refractivity contribution in [3.05, 3.63) is 93.0 Å². The van der Waals surface area contributed by atoms with Crippen molar-refractivity contribution in [2.24, 2.45) is 0 Å². The first-order chi connectivity index (χ1) is 29.3. The molecule has 2 saturated heterocycles. The van der Waals surface area contributed by atoms with Crippen LogP contribution in [0.1, 0.15) is 84.8 Å². The molecule has 0 saturated carbocycles. The molecule has 3 aromatic carbocycles. The van der Waals surface area contributed by atoms with Crippen molar-refractivity contribution in [1.82, 2.24) is 10.6 Å². The fourth-order valence-corrected chi connectivity index (χ4v) is 8.19. The lowest BCUT2D eigenvalue weighted by molar-refractivity contribution is -0.278. The van der Waals surface area contributed by atoms with E-state index in [1.54, 1.807) is 6.07 Å². The number of hydrogen-bond acceptors (Lipinski definition) is 17. The van der Waals surface area contributed by atoms with Crippen molar-refractivity contribution in [3.8, 4) is 11.5 Å². The first kappa shape index (κ1) is 44.0. The molecule has 2 aliphatic heterocycles. The highest BCUT2D eigenvalue weighted by atomic mass is 16.7. The number of fused-ring (bicyclic) bond motifs is 3. The topological polar surface area (TPSA) is 334 Å². The molecule has 7 rings (SSSR count). The number of amides is 2. The van der Waals surface area contributed by atoms with Crippen LogP contribution >= 0.6 is 0 Å². The van der Waals surface area contributed by atoms with E-state index in [1.807, 2.05) is 0 Å². The Morgan fingerprint density at radius 1 is 0.887 bits per heavy atom. The summed E-state index contributed by atoms with van der Waals surface area (Å²) in [5, 5.41) is 88.6. The molecular weight excluding hydrogens is 824 g/mol. The molecule has 2 amide bonds. The molecule has 2 aliphatic carbocycles. The number of benzene rings is 3. The second kappa shape index (κ2) is 17.0. The number of aliphatic carboxylic acids is 2. The first-order valence-corrected chi connectivity index (χ1v) is 19.2. The molecule has 330 valence electrons. The summed E-state index contributed by atoms with van der Waals surface area (Å²) >= 11 is 0. The standard InChI is InChI=1S/C41H42N2O19/c1-15-28(44)21(43-36(51)18-7-4-3-6-16(18)14-42-40(56)62-38-34(50)32(48)33(49)35(61-38)37(52)53)11-24(59-15)60-23-13-41(57,39(54)55)12-17-10-20-27(30(46)25(17)23)31(47)26-19(29(20)45)8-5-9-22(26)58-2/h3-10,15,21,23-24,28,32-35,38,44,46,48-50,57H,11-14H2,1-2H3,(H,42,56)(H,43,51)(H,52,53)(H,54,55)/t15-,21-,23-,24-,28+,32-,33-,34+,35-,38-,41-/m0/s1. The van der Waals surface area contributed by atoms with Gasteiger partial charge in [0.25, 0.3) is 5.91 Å². The number of carbonyl (C=O) groups is 6. The van der Waals surface area contributed by atoms with E-state index in [0.717, 1.165) is 0 Å². The van der Waals surface area contributed by atoms with E-state index < -0.39 is 121 Å². The highest BCUT2D eigenvalue weighted by Crippen LogP contribution is 2.48. The number of phenols is 1. The molecule has 0 radical (unpaired) electrons. The molecule has 62 heavy (non-hydrogen) atoms. The van der Waals surface area contributed by atoms with Crippen molar-refractivity contribution in [2.45, 2.75) is 99.7 Å². The number of carbonyl (C=O) groups excluding carboxylic acids is 4. The van der Waals surface area contributed by atoms with Crippen molar-refractivity contribution < 1.29 is 93.3 Å². The maximum atomic E-state index is 13.9. The van der Waals surface area contributed by atoms with E-state index in [2.05, 4.69) is 10.6 Å². The summed E-state index contributed by atoms with van der Waals surface area (Å²) in [6.45, 7) is 1.10. The zero-order valence-corrected chi connectivity index (χ0v) is 32.8. The summed E-state index contributed by atoms with van der Waals surface area (Å²) in [4.78, 5) is 77.8. The number of methoxy groups -OCH3 is 1. The minimum absolute atomic E-state index is 0.00225. The number of phenolic OH excluding ortho intramolecular Hbond substituents is 1. The van der Waals surface area contributed by atoms with Crippen molar-refractivity contribution in [3.63, 3.8) is 0 Å². The van der Waals surface area contributed by atoms with Crippen LogP contribution in [0.4, 0.5) is 4.79 Å². The number of nitrogens with one attached hydrogen (secondary N) is 2. The molecule has 0 unspecified atom stereocenters. The SMILES string of the molecule is COc1cccc2c1C(=O)c1c(cc3c(c1O)[C@@H](O[C@H]1C[C@H](NC(=O)c4ccccc4CNC(=O)O[C@@H]4O[C@H](C(=O)O)[C@@H](O)[C@H](O)[C@H]4O)[C@H](O)[C@H](C)O1)C[C@](O)(C(=O)O)C3)C2=O. The van der Waals surface area contributed by atoms with Crippen molar-refractivity contribution >= 4 is 35.5 Å². The zero-order valence-electron chi connectivity index (χ0n) is 32.8. The van der Waals surface area contributed by atoms with Crippen LogP contribution in [0.5, 0.6) is 11.5 Å². The first-order valence-electron chi connectivity index (χ1n) is 19.2. The lowest BCUT2D eigenvalue weighted by Gasteiger charge is -2.42. The minimum Gasteiger partial charge on any atom is -0.507 e. The monoisotopic (exact) mass is 866 g/mol. The molecule has 2 heterocycles. The number of ketones is 2. The Morgan fingerprint density at radius 3 is 2.31 bits per heavy atom. The zero-order chi connectivity index (χ0) is 44.9. The van der Waals surface area contributed by atoms with Gasteiger partial charge in [-0.3, -0.25) is 14.4 Å². The largest absolute Gasteiger partial charge is 0.507 e. The van der Waals surface area contributed by atoms with Gasteiger partial charge in [0, 0.05) is 48.1 Å². The van der Waals surface area contributed by atoms with Gasteiger partial charge in [-0.25, -0.2) is 14.4 Å². The van der Waals surface area contributed by atoms with Gasteiger partial charge in [0.1, 0.15) is 35.9 Å². The smallest absolute Gasteiger partial charge is 0.409 e. The van der Waals surface area contributed by atoms with Gasteiger partial charge in [0.15, 0.2) is 23.8 Å². The minimum atomic E-state index is -2.47. The van der Waals surface area contributed by atoms with Gasteiger partial charge in [-0.15, -0.1) is 0 Å². The Bertz CT molecular complexity index is 2330. The second-order valence-corrected chi connectivity index (χ2v) is 15.3. The van der Waals surface area contributed by atoms with Crippen molar-refractivity contribution in [1.29, 1.82) is 0 Å². The fraction of sp³-hybridized carbons (Fsp3) is 0.415. The van der Waals surface area contributed by atoms with Gasteiger partial charge in [-0.05, 0) is 36.2 Å². The number of carboxylic acids is 2. The van der Waals surface area contributed by atoms with Crippen LogP contribution in [0.15, 0.2) is 48.5 Å². The summed E-state index contributed by atoms with van der Waals surface area (Å²) in [5.74, 6) is -6.03. The van der Waals surface area contributed by atoms with E-state index in [-0.39, 0.29) is 63.2 Å². The summed E-state index contributed by atoms with van der Waals surface area (Å²) in [6, 6.07) is 10.5. The highest BCUT2D eigenvalue weighted by molar-refractivity contribution is 6.30. The van der Waals surface area contributed by atoms with E-state index in [9.17, 15) is 69.6 Å². The maximum Gasteiger partial charge on any atom is 0.409 e. The summed E-state index contributed by atoms with van der Waals surface area (Å²) < 4.78 is 27.4. The Balaban J connectivity index is 1.08. The summed E-state index contributed by atoms with van der Waals surface area (Å²) in [5.41, 5.74) is -2.97. The van der Waals surface area contributed by atoms with Gasteiger partial charge in [-0.2, -0.15) is 0 Å². The molecule has 2 fully saturated rings. The predicted octanol–water partition coefficient (Wildman–Crippen LogP) is -0.591. The van der Waals surface area contributed by atoms with Crippen LogP contribution < -0.4 is 15.4 Å². The number of rotatable bonds is 10. The number of hydrogen-bond donors (Lipinski definition) is 10. The number of carboxylic acid groups (broad SMARTS) is 2. The van der Waals surface area contributed by atoms with E-state index in [4.69, 9.17) is 23.7 Å². The Morgan fingerprint density at radius 2 is 1.61 bits per heavy atom. The molecular formula is C41H42N2O19. The maximum absolute atomic E-state index is 13.9. The van der Waals surface area contributed by atoms with Gasteiger partial charge in [0.2, 0.25) is 12.1 Å². The quantitative estimate of drug-likeness (QED) is 0.0952. The molecule has 3 aromatic rings. The number of alkyl carbamates (subject to hydrolysis) is 1. The van der Waals surface area contributed by atoms with Crippen LogP contribution in [0.3, 0.4) is 0 Å². The van der Waals surface area contributed by atoms with Gasteiger partial charge >= 0.3 is 18.0 Å². The van der Waals surface area contributed by atoms with Gasteiger partial charge in [-0.1, -0.05) is 30.3 Å². The average Bonchev–Trinajstić information content (AvgIpc) is 3.23. The molecule has 11 atom stereocenters. The lowest BCUT2D eigenvalue weighted by Crippen LogP contribution is -2.61. The normalized spacial score (nSPS) is 30.2. The van der Waals surface area contributed by atoms with Gasteiger partial charge < -0.3 is 75.2 Å². The number of ether oxygens (including phenoxy) is 5. The Labute approximate surface area is 350 Å². The molecule has 0 bridgehead atoms. The molecule has 21 heteroatoms. The fourth-order valence-electron chi connectivity index (χ4n) is 8.19. The molecule has 0 spiro atoms. The lowest BCUT2D eigenvalue weighted by atomic mass is 9.73. The van der Waals surface area contributed by atoms with Gasteiger partial charge in [0.05, 0.1) is 36.5 Å².